The number of carbonyl (C=O) groups excluding carboxylic acids is 1. The molecule has 0 atom stereocenters. The van der Waals surface area contributed by atoms with Gasteiger partial charge in [-0.3, -0.25) is 4.79 Å². The Balaban J connectivity index is 2.86. The predicted octanol–water partition coefficient (Wildman–Crippen LogP) is 4.30. The van der Waals surface area contributed by atoms with Crippen LogP contribution in [0.1, 0.15) is 47.5 Å². The molecule has 0 unspecified atom stereocenters. The molecule has 1 N–H and O–H groups in total. The van der Waals surface area contributed by atoms with E-state index in [0.29, 0.717) is 0 Å². The number of hydrogen-bond donors (Lipinski definition) is 1. The van der Waals surface area contributed by atoms with Gasteiger partial charge >= 0.3 is 0 Å². The maximum Gasteiger partial charge on any atom is 0.229 e. The van der Waals surface area contributed by atoms with Crippen molar-refractivity contribution in [2.45, 2.75) is 47.5 Å². The molecule has 0 saturated carbocycles. The van der Waals surface area contributed by atoms with Gasteiger partial charge in [-0.05, 0) is 31.0 Å². The maximum atomic E-state index is 12.0. The number of rotatable bonds is 6. The summed E-state index contributed by atoms with van der Waals surface area (Å²) in [6, 6.07) is 8.13. The fourth-order valence-corrected chi connectivity index (χ4v) is 2.01. The summed E-state index contributed by atoms with van der Waals surface area (Å²) >= 11 is 0. The van der Waals surface area contributed by atoms with E-state index in [4.69, 9.17) is 0 Å². The Bertz CT molecular complexity index is 429. The van der Waals surface area contributed by atoms with Gasteiger partial charge in [0, 0.05) is 29.9 Å². The first-order valence-electron chi connectivity index (χ1n) is 7.55. The van der Waals surface area contributed by atoms with E-state index in [2.05, 4.69) is 36.2 Å². The van der Waals surface area contributed by atoms with Gasteiger partial charge in [0.2, 0.25) is 5.91 Å². The Morgan fingerprint density at radius 3 is 2.25 bits per heavy atom. The highest BCUT2D eigenvalue weighted by Crippen LogP contribution is 2.22. The molecule has 0 fully saturated rings. The Morgan fingerprint density at radius 1 is 1.15 bits per heavy atom. The molecule has 20 heavy (non-hydrogen) atoms. The van der Waals surface area contributed by atoms with E-state index in [1.54, 1.807) is 0 Å². The largest absolute Gasteiger partial charge is 0.371 e. The highest BCUT2D eigenvalue weighted by molar-refractivity contribution is 5.94. The van der Waals surface area contributed by atoms with Crippen molar-refractivity contribution in [3.05, 3.63) is 24.3 Å². The maximum absolute atomic E-state index is 12.0. The Kier molecular flexibility index (Phi) is 6.05. The first kappa shape index (κ1) is 16.5. The van der Waals surface area contributed by atoms with Crippen molar-refractivity contribution >= 4 is 17.3 Å². The van der Waals surface area contributed by atoms with Crippen molar-refractivity contribution in [2.24, 2.45) is 5.41 Å². The van der Waals surface area contributed by atoms with E-state index in [1.165, 1.54) is 5.69 Å². The SMILES string of the molecule is CCCN(CCC)c1cccc(NC(=O)C(C)(C)C)c1. The summed E-state index contributed by atoms with van der Waals surface area (Å²) in [5.74, 6) is 0.0483. The van der Waals surface area contributed by atoms with E-state index in [9.17, 15) is 4.79 Å². The Hall–Kier alpha value is -1.51. The smallest absolute Gasteiger partial charge is 0.229 e. The van der Waals surface area contributed by atoms with E-state index < -0.39 is 0 Å². The number of hydrogen-bond acceptors (Lipinski definition) is 2. The molecule has 3 heteroatoms. The van der Waals surface area contributed by atoms with Crippen LogP contribution in [0.3, 0.4) is 0 Å². The number of benzene rings is 1. The Morgan fingerprint density at radius 2 is 1.75 bits per heavy atom. The van der Waals surface area contributed by atoms with Gasteiger partial charge in [0.25, 0.3) is 0 Å². The van der Waals surface area contributed by atoms with Gasteiger partial charge in [-0.2, -0.15) is 0 Å². The molecule has 0 aliphatic heterocycles. The molecule has 1 aromatic rings. The predicted molar refractivity (Wildman–Crippen MR) is 87.3 cm³/mol. The number of anilines is 2. The second-order valence-electron chi connectivity index (χ2n) is 6.24. The summed E-state index contributed by atoms with van der Waals surface area (Å²) in [6.07, 6.45) is 2.25. The van der Waals surface area contributed by atoms with Crippen molar-refractivity contribution in [1.29, 1.82) is 0 Å². The lowest BCUT2D eigenvalue weighted by Crippen LogP contribution is -2.28. The minimum atomic E-state index is -0.372. The van der Waals surface area contributed by atoms with Crippen LogP contribution in [0.2, 0.25) is 0 Å². The normalized spacial score (nSPS) is 11.2. The number of carbonyl (C=O) groups is 1. The molecule has 0 aliphatic rings. The highest BCUT2D eigenvalue weighted by Gasteiger charge is 2.21. The summed E-state index contributed by atoms with van der Waals surface area (Å²) < 4.78 is 0. The molecule has 0 aromatic heterocycles. The van der Waals surface area contributed by atoms with Crippen LogP contribution >= 0.6 is 0 Å². The standard InChI is InChI=1S/C17H28N2O/c1-6-11-19(12-7-2)15-10-8-9-14(13-15)18-16(20)17(3,4)5/h8-10,13H,6-7,11-12H2,1-5H3,(H,18,20). The third-order valence-electron chi connectivity index (χ3n) is 3.14. The van der Waals surface area contributed by atoms with Gasteiger partial charge in [-0.25, -0.2) is 0 Å². The van der Waals surface area contributed by atoms with Crippen LogP contribution in [0, 0.1) is 5.41 Å². The van der Waals surface area contributed by atoms with Gasteiger partial charge in [0.1, 0.15) is 0 Å². The molecule has 0 bridgehead atoms. The first-order chi connectivity index (χ1) is 9.38. The topological polar surface area (TPSA) is 32.3 Å². The van der Waals surface area contributed by atoms with Crippen molar-refractivity contribution in [3.8, 4) is 0 Å². The van der Waals surface area contributed by atoms with E-state index in [0.717, 1.165) is 31.6 Å². The second kappa shape index (κ2) is 7.32. The fraction of sp³-hybridized carbons (Fsp3) is 0.588. The number of nitrogens with zero attached hydrogens (tertiary/aromatic N) is 1. The molecule has 0 heterocycles. The van der Waals surface area contributed by atoms with E-state index >= 15 is 0 Å². The number of nitrogens with one attached hydrogen (secondary N) is 1. The van der Waals surface area contributed by atoms with Crippen LogP contribution in [-0.2, 0) is 4.79 Å². The second-order valence-corrected chi connectivity index (χ2v) is 6.24. The van der Waals surface area contributed by atoms with Crippen molar-refractivity contribution < 1.29 is 4.79 Å². The summed E-state index contributed by atoms with van der Waals surface area (Å²) in [6.45, 7) is 12.2. The van der Waals surface area contributed by atoms with Crippen LogP contribution in [0.15, 0.2) is 24.3 Å². The molecule has 0 radical (unpaired) electrons. The fourth-order valence-electron chi connectivity index (χ4n) is 2.01. The van der Waals surface area contributed by atoms with E-state index in [-0.39, 0.29) is 11.3 Å². The summed E-state index contributed by atoms with van der Waals surface area (Å²) in [5, 5.41) is 3.00. The molecular formula is C17H28N2O. The molecule has 1 rings (SSSR count). The van der Waals surface area contributed by atoms with Crippen LogP contribution in [0.25, 0.3) is 0 Å². The molecular weight excluding hydrogens is 248 g/mol. The van der Waals surface area contributed by atoms with E-state index in [1.807, 2.05) is 32.9 Å². The average molecular weight is 276 g/mol. The van der Waals surface area contributed by atoms with Crippen LogP contribution in [0.4, 0.5) is 11.4 Å². The van der Waals surface area contributed by atoms with Crippen LogP contribution in [-0.4, -0.2) is 19.0 Å². The van der Waals surface area contributed by atoms with Crippen LogP contribution in [0.5, 0.6) is 0 Å². The minimum absolute atomic E-state index is 0.0483. The number of amides is 1. The molecule has 3 nitrogen and oxygen atoms in total. The molecule has 112 valence electrons. The third kappa shape index (κ3) is 4.87. The zero-order valence-corrected chi connectivity index (χ0v) is 13.5. The monoisotopic (exact) mass is 276 g/mol. The van der Waals surface area contributed by atoms with Crippen molar-refractivity contribution in [1.82, 2.24) is 0 Å². The zero-order valence-electron chi connectivity index (χ0n) is 13.5. The van der Waals surface area contributed by atoms with Crippen LogP contribution < -0.4 is 10.2 Å². The van der Waals surface area contributed by atoms with Gasteiger partial charge in [0.15, 0.2) is 0 Å². The Labute approximate surface area is 123 Å². The minimum Gasteiger partial charge on any atom is -0.371 e. The quantitative estimate of drug-likeness (QED) is 0.840. The third-order valence-corrected chi connectivity index (χ3v) is 3.14. The molecule has 0 aliphatic carbocycles. The summed E-state index contributed by atoms with van der Waals surface area (Å²) in [5.41, 5.74) is 1.68. The van der Waals surface area contributed by atoms with Gasteiger partial charge in [-0.1, -0.05) is 40.7 Å². The molecule has 0 spiro atoms. The highest BCUT2D eigenvalue weighted by atomic mass is 16.2. The lowest BCUT2D eigenvalue weighted by molar-refractivity contribution is -0.123. The zero-order chi connectivity index (χ0) is 15.2. The van der Waals surface area contributed by atoms with Gasteiger partial charge < -0.3 is 10.2 Å². The van der Waals surface area contributed by atoms with Gasteiger partial charge in [0.05, 0.1) is 0 Å². The lowest BCUT2D eigenvalue weighted by atomic mass is 9.95. The molecule has 1 aromatic carbocycles. The van der Waals surface area contributed by atoms with Crippen molar-refractivity contribution in [3.63, 3.8) is 0 Å². The molecule has 0 saturated heterocycles. The average Bonchev–Trinajstić information content (AvgIpc) is 2.37. The molecule has 1 amide bonds. The van der Waals surface area contributed by atoms with Gasteiger partial charge in [-0.15, -0.1) is 0 Å². The summed E-state index contributed by atoms with van der Waals surface area (Å²) in [4.78, 5) is 14.4. The summed E-state index contributed by atoms with van der Waals surface area (Å²) in [7, 11) is 0. The van der Waals surface area contributed by atoms with Crippen molar-refractivity contribution in [2.75, 3.05) is 23.3 Å². The lowest BCUT2D eigenvalue weighted by Gasteiger charge is -2.25. The first-order valence-corrected chi connectivity index (χ1v) is 7.55.